The molecule has 1 aliphatic carbocycles. The average Bonchev–Trinajstić information content (AvgIpc) is 2.78. The second kappa shape index (κ2) is 9.05. The summed E-state index contributed by atoms with van der Waals surface area (Å²) in [6.45, 7) is 2.07. The average molecular weight is 390 g/mol. The SMILES string of the molecule is C[N-]c1ccc(N=C2C=CC(=Nc3ccc([N-]c4ccc(C)cc4)cc3)C=C2)cc1. The van der Waals surface area contributed by atoms with Crippen LogP contribution in [0, 0.1) is 6.92 Å². The van der Waals surface area contributed by atoms with Gasteiger partial charge < -0.3 is 10.6 Å². The van der Waals surface area contributed by atoms with Crippen molar-refractivity contribution in [3.63, 3.8) is 0 Å². The topological polar surface area (TPSA) is 52.9 Å². The molecule has 4 heteroatoms. The first-order chi connectivity index (χ1) is 14.7. The number of aryl methyl sites for hydroxylation is 1. The monoisotopic (exact) mass is 390 g/mol. The van der Waals surface area contributed by atoms with E-state index in [1.54, 1.807) is 7.05 Å². The zero-order valence-corrected chi connectivity index (χ0v) is 17.0. The van der Waals surface area contributed by atoms with Crippen LogP contribution in [0.15, 0.2) is 107 Å². The van der Waals surface area contributed by atoms with Crippen molar-refractivity contribution >= 4 is 39.9 Å². The molecule has 0 N–H and O–H groups in total. The number of allylic oxidation sites excluding steroid dienone is 4. The van der Waals surface area contributed by atoms with E-state index in [4.69, 9.17) is 0 Å². The van der Waals surface area contributed by atoms with Gasteiger partial charge in [-0.25, -0.2) is 9.98 Å². The van der Waals surface area contributed by atoms with Crippen LogP contribution in [0.3, 0.4) is 0 Å². The highest BCUT2D eigenvalue weighted by atomic mass is 14.9. The third-order valence-corrected chi connectivity index (χ3v) is 4.62. The maximum Gasteiger partial charge on any atom is 0.0638 e. The summed E-state index contributed by atoms with van der Waals surface area (Å²) in [5, 5.41) is 8.77. The highest BCUT2D eigenvalue weighted by molar-refractivity contribution is 6.19. The van der Waals surface area contributed by atoms with Crippen LogP contribution in [0.1, 0.15) is 5.56 Å². The van der Waals surface area contributed by atoms with Crippen LogP contribution in [0.5, 0.6) is 0 Å². The van der Waals surface area contributed by atoms with E-state index in [0.29, 0.717) is 0 Å². The molecule has 3 aromatic carbocycles. The molecule has 4 nitrogen and oxygen atoms in total. The van der Waals surface area contributed by atoms with E-state index in [1.165, 1.54) is 5.56 Å². The maximum absolute atomic E-state index is 4.68. The highest BCUT2D eigenvalue weighted by Crippen LogP contribution is 2.31. The van der Waals surface area contributed by atoms with E-state index < -0.39 is 0 Å². The van der Waals surface area contributed by atoms with E-state index in [0.717, 1.165) is 39.9 Å². The van der Waals surface area contributed by atoms with Crippen molar-refractivity contribution in [3.8, 4) is 0 Å². The molecule has 0 radical (unpaired) electrons. The first-order valence-corrected chi connectivity index (χ1v) is 9.80. The zero-order chi connectivity index (χ0) is 20.8. The number of rotatable bonds is 5. The van der Waals surface area contributed by atoms with E-state index in [-0.39, 0.29) is 0 Å². The molecule has 0 bridgehead atoms. The molecule has 0 unspecified atom stereocenters. The van der Waals surface area contributed by atoms with Crippen LogP contribution in [0.4, 0.5) is 28.4 Å². The summed E-state index contributed by atoms with van der Waals surface area (Å²) in [6, 6.07) is 23.9. The Bertz CT molecular complexity index is 1100. The summed E-state index contributed by atoms with van der Waals surface area (Å²) in [5.74, 6) is 0. The smallest absolute Gasteiger partial charge is 0.0638 e. The summed E-state index contributed by atoms with van der Waals surface area (Å²) < 4.78 is 0. The van der Waals surface area contributed by atoms with Gasteiger partial charge in [-0.1, -0.05) is 54.1 Å². The van der Waals surface area contributed by atoms with Crippen molar-refractivity contribution in [2.24, 2.45) is 9.98 Å². The molecular weight excluding hydrogens is 368 g/mol. The van der Waals surface area contributed by atoms with Gasteiger partial charge in [-0.2, -0.15) is 0 Å². The molecule has 0 heterocycles. The van der Waals surface area contributed by atoms with Crippen LogP contribution in [-0.4, -0.2) is 18.5 Å². The van der Waals surface area contributed by atoms with Crippen LogP contribution in [0.2, 0.25) is 0 Å². The Labute approximate surface area is 177 Å². The number of hydrogen-bond donors (Lipinski definition) is 0. The summed E-state index contributed by atoms with van der Waals surface area (Å²) in [7, 11) is 1.78. The standard InChI is InChI=1S/C26H22N4/c1-19-3-5-21(6-4-19)28-23-11-13-25(14-12-23)30-26-17-15-24(16-18-26)29-22-9-7-20(27-2)8-10-22/h3-18H,1-2H3/q-2. The minimum atomic E-state index is 0.886. The minimum absolute atomic E-state index is 0.886. The number of hydrogen-bond acceptors (Lipinski definition) is 2. The molecule has 0 aromatic heterocycles. The predicted molar refractivity (Wildman–Crippen MR) is 128 cm³/mol. The Kier molecular flexibility index (Phi) is 5.85. The molecule has 3 aromatic rings. The van der Waals surface area contributed by atoms with Crippen molar-refractivity contribution in [3.05, 3.63) is 113 Å². The van der Waals surface area contributed by atoms with Gasteiger partial charge in [0.25, 0.3) is 0 Å². The Balaban J connectivity index is 1.40. The van der Waals surface area contributed by atoms with E-state index in [9.17, 15) is 0 Å². The van der Waals surface area contributed by atoms with Crippen LogP contribution in [-0.2, 0) is 0 Å². The molecule has 1 aliphatic rings. The lowest BCUT2D eigenvalue weighted by atomic mass is 10.1. The van der Waals surface area contributed by atoms with Gasteiger partial charge in [0.2, 0.25) is 0 Å². The molecule has 0 saturated heterocycles. The molecule has 0 aliphatic heterocycles. The predicted octanol–water partition coefficient (Wildman–Crippen LogP) is 7.94. The van der Waals surface area contributed by atoms with Gasteiger partial charge in [-0.15, -0.1) is 24.1 Å². The van der Waals surface area contributed by atoms with Gasteiger partial charge in [0.05, 0.1) is 22.8 Å². The number of nitrogens with zero attached hydrogens (tertiary/aromatic N) is 4. The molecular formula is C26H22N4-2. The van der Waals surface area contributed by atoms with E-state index >= 15 is 0 Å². The quantitative estimate of drug-likeness (QED) is 0.397. The molecule has 0 spiro atoms. The van der Waals surface area contributed by atoms with E-state index in [1.807, 2.05) is 85.0 Å². The third kappa shape index (κ3) is 5.11. The summed E-state index contributed by atoms with van der Waals surface area (Å²) in [5.41, 5.74) is 7.60. The molecule has 0 atom stereocenters. The van der Waals surface area contributed by atoms with Crippen LogP contribution >= 0.6 is 0 Å². The summed E-state index contributed by atoms with van der Waals surface area (Å²) >= 11 is 0. The first kappa shape index (κ1) is 19.4. The fourth-order valence-electron chi connectivity index (χ4n) is 2.95. The number of benzene rings is 3. The zero-order valence-electron chi connectivity index (χ0n) is 17.0. The summed E-state index contributed by atoms with van der Waals surface area (Å²) in [6.07, 6.45) is 7.88. The van der Waals surface area contributed by atoms with Crippen molar-refractivity contribution in [2.45, 2.75) is 6.92 Å². The lowest BCUT2D eigenvalue weighted by Crippen LogP contribution is -1.99. The Morgan fingerprint density at radius 1 is 0.533 bits per heavy atom. The van der Waals surface area contributed by atoms with Crippen molar-refractivity contribution in [1.29, 1.82) is 0 Å². The van der Waals surface area contributed by atoms with Gasteiger partial charge in [0.1, 0.15) is 0 Å². The second-order valence-electron chi connectivity index (χ2n) is 6.94. The van der Waals surface area contributed by atoms with Gasteiger partial charge in [-0.05, 0) is 55.5 Å². The van der Waals surface area contributed by atoms with Gasteiger partial charge in [0.15, 0.2) is 0 Å². The van der Waals surface area contributed by atoms with Crippen LogP contribution < -0.4 is 0 Å². The van der Waals surface area contributed by atoms with Crippen molar-refractivity contribution in [1.82, 2.24) is 0 Å². The Morgan fingerprint density at radius 2 is 0.933 bits per heavy atom. The van der Waals surface area contributed by atoms with Gasteiger partial charge in [-0.3, -0.25) is 0 Å². The largest absolute Gasteiger partial charge is 0.687 e. The molecule has 0 saturated carbocycles. The maximum atomic E-state index is 4.68. The lowest BCUT2D eigenvalue weighted by molar-refractivity contribution is 1.47. The summed E-state index contributed by atoms with van der Waals surface area (Å²) in [4.78, 5) is 9.30. The Morgan fingerprint density at radius 3 is 1.37 bits per heavy atom. The first-order valence-electron chi connectivity index (χ1n) is 9.80. The second-order valence-corrected chi connectivity index (χ2v) is 6.94. The number of aliphatic imine (C=N–C) groups is 2. The van der Waals surface area contributed by atoms with Crippen LogP contribution in [0.25, 0.3) is 10.6 Å². The molecule has 4 rings (SSSR count). The van der Waals surface area contributed by atoms with Gasteiger partial charge in [0, 0.05) is 0 Å². The Hall–Kier alpha value is -3.92. The molecule has 0 fully saturated rings. The molecule has 0 amide bonds. The molecule has 148 valence electrons. The normalized spacial score (nSPS) is 12.6. The van der Waals surface area contributed by atoms with Crippen molar-refractivity contribution in [2.75, 3.05) is 7.05 Å². The van der Waals surface area contributed by atoms with Gasteiger partial charge >= 0.3 is 0 Å². The fraction of sp³-hybridized carbons (Fsp3) is 0.0769. The van der Waals surface area contributed by atoms with E-state index in [2.05, 4.69) is 39.7 Å². The molecule has 30 heavy (non-hydrogen) atoms. The van der Waals surface area contributed by atoms with Crippen molar-refractivity contribution < 1.29 is 0 Å². The minimum Gasteiger partial charge on any atom is -0.687 e. The third-order valence-electron chi connectivity index (χ3n) is 4.62. The lowest BCUT2D eigenvalue weighted by Gasteiger charge is -2.22. The fourth-order valence-corrected chi connectivity index (χ4v) is 2.95. The highest BCUT2D eigenvalue weighted by Gasteiger charge is 2.00.